The van der Waals surface area contributed by atoms with E-state index in [1.165, 1.54) is 0 Å². The molecular formula is C13H21N5NaO7S+. The van der Waals surface area contributed by atoms with Crippen molar-refractivity contribution in [1.29, 1.82) is 0 Å². The number of hydroxylamine groups is 2. The van der Waals surface area contributed by atoms with E-state index in [0.29, 0.717) is 18.0 Å². The van der Waals surface area contributed by atoms with Gasteiger partial charge in [0.05, 0.1) is 12.0 Å². The molecule has 146 valence electrons. The molecule has 4 N–H and O–H groups in total. The molecule has 3 fully saturated rings. The predicted molar refractivity (Wildman–Crippen MR) is 85.3 cm³/mol. The minimum absolute atomic E-state index is 0. The number of nitrogens with one attached hydrogen (secondary N) is 3. The Labute approximate surface area is 178 Å². The van der Waals surface area contributed by atoms with Gasteiger partial charge in [-0.1, -0.05) is 0 Å². The largest absolute Gasteiger partial charge is 1.00 e. The fourth-order valence-electron chi connectivity index (χ4n) is 3.49. The molecule has 0 unspecified atom stereocenters. The number of carbonyl (C=O) groups excluding carboxylic acids is 3. The fourth-order valence-corrected chi connectivity index (χ4v) is 3.88. The van der Waals surface area contributed by atoms with Crippen molar-refractivity contribution >= 4 is 28.2 Å². The Hall–Kier alpha value is -0.960. The minimum Gasteiger partial charge on any atom is -0.316 e. The van der Waals surface area contributed by atoms with Crippen LogP contribution in [0, 0.1) is 5.92 Å². The molecule has 0 aromatic heterocycles. The maximum atomic E-state index is 12.3. The molecule has 0 aromatic rings. The molecule has 0 aromatic carbocycles. The Bertz CT molecular complexity index is 699. The summed E-state index contributed by atoms with van der Waals surface area (Å²) in [6.45, 7) is 1.49. The third kappa shape index (κ3) is 5.31. The average molecular weight is 414 g/mol. The van der Waals surface area contributed by atoms with Crippen LogP contribution in [0.1, 0.15) is 25.7 Å². The molecule has 0 aliphatic carbocycles. The van der Waals surface area contributed by atoms with Gasteiger partial charge in [-0.15, -0.1) is 4.28 Å². The van der Waals surface area contributed by atoms with Crippen LogP contribution in [0.3, 0.4) is 0 Å². The van der Waals surface area contributed by atoms with Crippen molar-refractivity contribution in [2.45, 2.75) is 37.8 Å². The van der Waals surface area contributed by atoms with Crippen molar-refractivity contribution in [3.8, 4) is 0 Å². The fraction of sp³-hybridized carbons (Fsp3) is 0.769. The molecule has 3 saturated heterocycles. The van der Waals surface area contributed by atoms with Gasteiger partial charge in [0.2, 0.25) is 5.91 Å². The SMILES string of the molecule is O=C(NNC(=O)[C@@H]1CC[C@@H]2CN1C(=O)N2OS(=O)(=O)O)[C@@H]1CCCNC1.[Na+]. The topological polar surface area (TPSA) is 157 Å². The maximum absolute atomic E-state index is 12.3. The predicted octanol–water partition coefficient (Wildman–Crippen LogP) is -4.86. The van der Waals surface area contributed by atoms with Gasteiger partial charge in [-0.3, -0.25) is 25.0 Å². The Morgan fingerprint density at radius 2 is 1.89 bits per heavy atom. The van der Waals surface area contributed by atoms with Crippen LogP contribution in [-0.2, 0) is 24.3 Å². The first-order valence-electron chi connectivity index (χ1n) is 8.33. The summed E-state index contributed by atoms with van der Waals surface area (Å²) in [5.41, 5.74) is 4.70. The van der Waals surface area contributed by atoms with Gasteiger partial charge in [-0.25, -0.2) is 4.79 Å². The maximum Gasteiger partial charge on any atom is 1.00 e. The molecule has 4 amide bonds. The molecule has 3 aliphatic rings. The van der Waals surface area contributed by atoms with Crippen LogP contribution in [0.15, 0.2) is 0 Å². The number of piperidine rings is 2. The van der Waals surface area contributed by atoms with E-state index < -0.39 is 34.4 Å². The number of hydrogen-bond donors (Lipinski definition) is 4. The van der Waals surface area contributed by atoms with Gasteiger partial charge in [-0.2, -0.15) is 13.5 Å². The van der Waals surface area contributed by atoms with Crippen molar-refractivity contribution in [1.82, 2.24) is 26.1 Å². The summed E-state index contributed by atoms with van der Waals surface area (Å²) in [6, 6.07) is -2.26. The second-order valence-corrected chi connectivity index (χ2v) is 7.54. The summed E-state index contributed by atoms with van der Waals surface area (Å²) in [4.78, 5) is 37.8. The Kier molecular flexibility index (Phi) is 7.47. The number of amides is 4. The van der Waals surface area contributed by atoms with Crippen molar-refractivity contribution in [2.24, 2.45) is 5.92 Å². The summed E-state index contributed by atoms with van der Waals surface area (Å²) >= 11 is 0. The molecule has 27 heavy (non-hydrogen) atoms. The average Bonchev–Trinajstić information content (AvgIpc) is 2.84. The third-order valence-electron chi connectivity index (χ3n) is 4.78. The summed E-state index contributed by atoms with van der Waals surface area (Å²) in [6.07, 6.45) is 2.19. The Balaban J connectivity index is 0.00000261. The zero-order valence-electron chi connectivity index (χ0n) is 14.9. The monoisotopic (exact) mass is 414 g/mol. The molecule has 3 atom stereocenters. The number of fused-ring (bicyclic) bond motifs is 2. The van der Waals surface area contributed by atoms with E-state index in [-0.39, 0.29) is 54.3 Å². The summed E-state index contributed by atoms with van der Waals surface area (Å²) in [5.74, 6) is -1.10. The van der Waals surface area contributed by atoms with Crippen LogP contribution in [-0.4, -0.2) is 72.5 Å². The number of nitrogens with zero attached hydrogens (tertiary/aromatic N) is 2. The van der Waals surface area contributed by atoms with Gasteiger partial charge >= 0.3 is 46.0 Å². The number of carbonyl (C=O) groups is 3. The second-order valence-electron chi connectivity index (χ2n) is 6.53. The Morgan fingerprint density at radius 1 is 1.19 bits per heavy atom. The van der Waals surface area contributed by atoms with Gasteiger partial charge in [0, 0.05) is 13.1 Å². The van der Waals surface area contributed by atoms with Gasteiger partial charge in [0.15, 0.2) is 0 Å². The van der Waals surface area contributed by atoms with E-state index in [4.69, 9.17) is 4.55 Å². The summed E-state index contributed by atoms with van der Waals surface area (Å²) in [5, 5.41) is 3.67. The molecule has 12 nitrogen and oxygen atoms in total. The van der Waals surface area contributed by atoms with Crippen molar-refractivity contribution < 1.29 is 61.2 Å². The molecule has 3 aliphatic heterocycles. The van der Waals surface area contributed by atoms with Gasteiger partial charge < -0.3 is 10.2 Å². The smallest absolute Gasteiger partial charge is 0.316 e. The number of urea groups is 1. The zero-order chi connectivity index (χ0) is 18.9. The van der Waals surface area contributed by atoms with Crippen LogP contribution in [0.4, 0.5) is 4.79 Å². The quantitative estimate of drug-likeness (QED) is 0.203. The molecule has 3 rings (SSSR count). The van der Waals surface area contributed by atoms with Crippen LogP contribution in [0.2, 0.25) is 0 Å². The summed E-state index contributed by atoms with van der Waals surface area (Å²) in [7, 11) is -4.84. The van der Waals surface area contributed by atoms with Crippen LogP contribution < -0.4 is 45.7 Å². The molecule has 2 bridgehead atoms. The zero-order valence-corrected chi connectivity index (χ0v) is 17.7. The normalized spacial score (nSPS) is 27.7. The number of rotatable bonds is 4. The first-order chi connectivity index (χ1) is 12.3. The van der Waals surface area contributed by atoms with Crippen molar-refractivity contribution in [2.75, 3.05) is 19.6 Å². The molecule has 0 radical (unpaired) electrons. The second kappa shape index (κ2) is 9.03. The van der Waals surface area contributed by atoms with Crippen LogP contribution >= 0.6 is 0 Å². The van der Waals surface area contributed by atoms with E-state index in [2.05, 4.69) is 20.5 Å². The van der Waals surface area contributed by atoms with E-state index in [1.807, 2.05) is 0 Å². The standard InChI is InChI=1S/C13H21N5O7S.Na/c19-11(8-2-1-5-14-6-8)15-16-12(20)10-4-3-9-7-17(10)13(21)18(9)25-26(22,23)24;/h8-10,14H,1-7H2,(H,15,19)(H,16,20)(H,22,23,24);/q;+1/t8-,9-,10+;/m1./s1. The van der Waals surface area contributed by atoms with Gasteiger partial charge in [0.1, 0.15) is 6.04 Å². The van der Waals surface area contributed by atoms with Crippen molar-refractivity contribution in [3.05, 3.63) is 0 Å². The van der Waals surface area contributed by atoms with Gasteiger partial charge in [-0.05, 0) is 32.2 Å². The number of hydrazine groups is 1. The van der Waals surface area contributed by atoms with E-state index in [0.717, 1.165) is 24.3 Å². The Morgan fingerprint density at radius 3 is 2.52 bits per heavy atom. The molecule has 14 heteroatoms. The molecule has 3 heterocycles. The van der Waals surface area contributed by atoms with Crippen LogP contribution in [0.25, 0.3) is 0 Å². The van der Waals surface area contributed by atoms with E-state index in [1.54, 1.807) is 0 Å². The van der Waals surface area contributed by atoms with Gasteiger partial charge in [0.25, 0.3) is 5.91 Å². The van der Waals surface area contributed by atoms with Crippen molar-refractivity contribution in [3.63, 3.8) is 0 Å². The first kappa shape index (κ1) is 22.3. The summed E-state index contributed by atoms with van der Waals surface area (Å²) < 4.78 is 34.8. The number of hydrogen-bond acceptors (Lipinski definition) is 7. The van der Waals surface area contributed by atoms with Crippen LogP contribution in [0.5, 0.6) is 0 Å². The first-order valence-corrected chi connectivity index (χ1v) is 9.70. The third-order valence-corrected chi connectivity index (χ3v) is 5.13. The molecule has 0 saturated carbocycles. The molecule has 0 spiro atoms. The van der Waals surface area contributed by atoms with E-state index >= 15 is 0 Å². The molecular weight excluding hydrogens is 393 g/mol. The van der Waals surface area contributed by atoms with E-state index in [9.17, 15) is 22.8 Å². The minimum atomic E-state index is -4.84.